The summed E-state index contributed by atoms with van der Waals surface area (Å²) in [6, 6.07) is 7.20. The number of carbonyl (C=O) groups excluding carboxylic acids is 1. The first-order valence-electron chi connectivity index (χ1n) is 13.5. The molecule has 0 fully saturated rings. The van der Waals surface area contributed by atoms with E-state index in [0.29, 0.717) is 66.1 Å². The van der Waals surface area contributed by atoms with E-state index in [1.165, 1.54) is 0 Å². The summed E-state index contributed by atoms with van der Waals surface area (Å²) in [7, 11) is 3.13. The molecule has 0 saturated heterocycles. The zero-order valence-corrected chi connectivity index (χ0v) is 27.1. The van der Waals surface area contributed by atoms with Gasteiger partial charge in [0.2, 0.25) is 0 Å². The summed E-state index contributed by atoms with van der Waals surface area (Å²) in [5.41, 5.74) is 2.16. The molecule has 2 aromatic carbocycles. The van der Waals surface area contributed by atoms with Gasteiger partial charge < -0.3 is 63.9 Å². The summed E-state index contributed by atoms with van der Waals surface area (Å²) in [4.78, 5) is 19.9. The number of carbonyl (C=O) groups is 1. The van der Waals surface area contributed by atoms with Crippen LogP contribution < -0.4 is 28.8 Å². The number of Topliss-reactive ketones (excluding diaryl/α,β-unsaturated/α-hetero) is 1. The minimum absolute atomic E-state index is 0.0136. The second-order valence-corrected chi connectivity index (χ2v) is 11.0. The van der Waals surface area contributed by atoms with E-state index in [9.17, 15) is 9.90 Å². The molecule has 0 aliphatic carbocycles. The van der Waals surface area contributed by atoms with Gasteiger partial charge >= 0.3 is 22.4 Å². The van der Waals surface area contributed by atoms with Gasteiger partial charge in [-0.15, -0.1) is 0 Å². The fourth-order valence-electron chi connectivity index (χ4n) is 5.71. The third kappa shape index (κ3) is 6.75. The number of ether oxygens (including phenoxy) is 5. The summed E-state index contributed by atoms with van der Waals surface area (Å²) < 4.78 is 37.9. The quantitative estimate of drug-likeness (QED) is 0.194. The SMILES string of the molecule is COc1cc2c(cc1OC)C1C(=O)c3ccc4c(c3OC1CO2)CC(C(C)CN(CC[S-])CC([O-])=NCC[S-])O4.[O]=[Tc+3]. The number of nitrogens with zero attached hydrogens (tertiary/aromatic N) is 2. The molecule has 0 amide bonds. The van der Waals surface area contributed by atoms with Crippen LogP contribution in [0.4, 0.5) is 0 Å². The molecule has 0 bridgehead atoms. The Hall–Kier alpha value is -2.31. The van der Waals surface area contributed by atoms with Gasteiger partial charge in [0.1, 0.15) is 36.1 Å². The van der Waals surface area contributed by atoms with E-state index < -0.39 is 12.0 Å². The van der Waals surface area contributed by atoms with Gasteiger partial charge in [-0.3, -0.25) is 4.79 Å². The van der Waals surface area contributed by atoms with Crippen LogP contribution in [0.25, 0.3) is 0 Å². The summed E-state index contributed by atoms with van der Waals surface area (Å²) in [5, 5.41) is 12.2. The average molecular weight is 700 g/mol. The second kappa shape index (κ2) is 14.9. The van der Waals surface area contributed by atoms with Crippen molar-refractivity contribution in [1.29, 1.82) is 0 Å². The van der Waals surface area contributed by atoms with Gasteiger partial charge in [0.25, 0.3) is 0 Å². The fraction of sp³-hybridized carbons (Fsp3) is 0.517. The summed E-state index contributed by atoms with van der Waals surface area (Å²) in [6.45, 7) is 4.15. The third-order valence-electron chi connectivity index (χ3n) is 7.67. The summed E-state index contributed by atoms with van der Waals surface area (Å²) >= 11 is 11.0. The number of hydrogen-bond acceptors (Lipinski definition) is 12. The first-order chi connectivity index (χ1) is 20.4. The number of ketones is 1. The van der Waals surface area contributed by atoms with Crippen molar-refractivity contribution < 1.29 is 55.9 Å². The van der Waals surface area contributed by atoms with Gasteiger partial charge in [-0.05, 0) is 30.6 Å². The van der Waals surface area contributed by atoms with Crippen molar-refractivity contribution in [3.8, 4) is 28.7 Å². The summed E-state index contributed by atoms with van der Waals surface area (Å²) in [6.07, 6.45) is -0.00529. The molecule has 3 aliphatic rings. The molecule has 0 saturated carbocycles. The number of fused-ring (bicyclic) bond motifs is 6. The zero-order chi connectivity index (χ0) is 30.4. The van der Waals surface area contributed by atoms with Crippen molar-refractivity contribution in [1.82, 2.24) is 4.90 Å². The number of hydrogen-bond donors (Lipinski definition) is 0. The van der Waals surface area contributed by atoms with Crippen molar-refractivity contribution >= 4 is 36.9 Å². The van der Waals surface area contributed by atoms with Crippen LogP contribution in [0, 0.1) is 5.92 Å². The van der Waals surface area contributed by atoms with Crippen LogP contribution in [0.1, 0.15) is 34.3 Å². The van der Waals surface area contributed by atoms with Crippen molar-refractivity contribution in [3.63, 3.8) is 0 Å². The number of aliphatic imine (C=N–C) groups is 1. The van der Waals surface area contributed by atoms with E-state index >= 15 is 0 Å². The molecule has 3 aliphatic heterocycles. The van der Waals surface area contributed by atoms with E-state index in [-0.39, 0.29) is 36.9 Å². The molecule has 0 aromatic heterocycles. The Morgan fingerprint density at radius 2 is 1.88 bits per heavy atom. The van der Waals surface area contributed by atoms with E-state index in [1.807, 2.05) is 11.0 Å². The molecule has 13 heteroatoms. The maximum atomic E-state index is 13.9. The van der Waals surface area contributed by atoms with Gasteiger partial charge in [0, 0.05) is 49.2 Å². The average Bonchev–Trinajstić information content (AvgIpc) is 3.45. The Bertz CT molecular complexity index is 1310. The van der Waals surface area contributed by atoms with Crippen LogP contribution in [-0.2, 0) is 54.0 Å². The van der Waals surface area contributed by atoms with E-state index in [2.05, 4.69) is 11.9 Å². The molecule has 5 rings (SSSR count). The van der Waals surface area contributed by atoms with Crippen LogP contribution in [-0.4, -0.2) is 87.3 Å². The maximum absolute atomic E-state index is 13.9. The monoisotopic (exact) mass is 698 g/mol. The predicted molar refractivity (Wildman–Crippen MR) is 154 cm³/mol. The molecule has 4 unspecified atom stereocenters. The number of rotatable bonds is 11. The minimum atomic E-state index is -0.512. The van der Waals surface area contributed by atoms with Crippen molar-refractivity contribution in [2.24, 2.45) is 10.9 Å². The standard InChI is InChI=1S/C29H36N2O7S2.O.Tc/c1-16(13-31(7-9-40)14-26(32)30-6-8-39)21-11-19-20(37-21)5-4-17-28(33)27-18-10-23(34-2)24(35-3)12-22(18)36-15-25(27)38-29(17)19;;/h4-5,10,12,16,21,25,27,39-40H,6-9,11,13-15H2,1-3H3,(H,30,32);;/q;;+3/p-3. The second-order valence-electron chi connectivity index (χ2n) is 10.2. The van der Waals surface area contributed by atoms with E-state index in [1.54, 1.807) is 32.4 Å². The number of benzene rings is 2. The van der Waals surface area contributed by atoms with E-state index in [4.69, 9.17) is 52.4 Å². The van der Waals surface area contributed by atoms with Gasteiger partial charge in [-0.25, -0.2) is 0 Å². The van der Waals surface area contributed by atoms with E-state index in [0.717, 1.165) is 35.7 Å². The molecule has 0 radical (unpaired) electrons. The Kier molecular flexibility index (Phi) is 11.6. The molecule has 0 spiro atoms. The molecule has 2 aromatic rings. The Morgan fingerprint density at radius 3 is 2.57 bits per heavy atom. The van der Waals surface area contributed by atoms with Gasteiger partial charge in [0.05, 0.1) is 25.7 Å². The van der Waals surface area contributed by atoms with Crippen molar-refractivity contribution in [3.05, 3.63) is 41.0 Å². The van der Waals surface area contributed by atoms with Crippen LogP contribution in [0.2, 0.25) is 0 Å². The molecule has 4 atom stereocenters. The van der Waals surface area contributed by atoms with Crippen LogP contribution in [0.3, 0.4) is 0 Å². The van der Waals surface area contributed by atoms with Crippen molar-refractivity contribution in [2.45, 2.75) is 31.5 Å². The Labute approximate surface area is 267 Å². The molecule has 10 nitrogen and oxygen atoms in total. The number of methoxy groups -OCH3 is 2. The zero-order valence-electron chi connectivity index (χ0n) is 23.6. The first kappa shape index (κ1) is 32.6. The van der Waals surface area contributed by atoms with Gasteiger partial charge in [-0.1, -0.05) is 6.92 Å². The molecule has 42 heavy (non-hydrogen) atoms. The molecular weight excluding hydrogens is 666 g/mol. The Balaban J connectivity index is 0.00000198. The van der Waals surface area contributed by atoms with Crippen LogP contribution in [0.5, 0.6) is 28.7 Å². The normalized spacial score (nSPS) is 20.8. The van der Waals surface area contributed by atoms with Crippen LogP contribution in [0.15, 0.2) is 29.3 Å². The van der Waals surface area contributed by atoms with Gasteiger partial charge in [0.15, 0.2) is 17.3 Å². The topological polar surface area (TPSA) is 119 Å². The Morgan fingerprint density at radius 1 is 1.14 bits per heavy atom. The first-order valence-corrected chi connectivity index (χ1v) is 15.5. The van der Waals surface area contributed by atoms with Crippen LogP contribution >= 0.6 is 0 Å². The molecule has 0 N–H and O–H groups in total. The third-order valence-corrected chi connectivity index (χ3v) is 8.04. The summed E-state index contributed by atoms with van der Waals surface area (Å²) in [5.74, 6) is 3.29. The molecule has 226 valence electrons. The van der Waals surface area contributed by atoms with Gasteiger partial charge in [-0.2, -0.15) is 11.5 Å². The molecule has 3 heterocycles. The van der Waals surface area contributed by atoms with Crippen molar-refractivity contribution in [2.75, 3.05) is 58.5 Å². The predicted octanol–water partition coefficient (Wildman–Crippen LogP) is 1.80. The fourth-order valence-corrected chi connectivity index (χ4v) is 6.06. The molecular formula is C29H33N2O8S2Tc.